The Morgan fingerprint density at radius 1 is 1.16 bits per heavy atom. The van der Waals surface area contributed by atoms with Gasteiger partial charge in [-0.25, -0.2) is 8.42 Å². The van der Waals surface area contributed by atoms with Crippen molar-refractivity contribution in [3.05, 3.63) is 0 Å². The zero-order valence-electron chi connectivity index (χ0n) is 10.6. The Labute approximate surface area is 111 Å². The summed E-state index contributed by atoms with van der Waals surface area (Å²) >= 11 is 0. The zero-order chi connectivity index (χ0) is 14.3. The summed E-state index contributed by atoms with van der Waals surface area (Å²) in [5, 5.41) is -0.615. The number of nitrogens with zero attached hydrogens (tertiary/aromatic N) is 1. The molecule has 0 amide bonds. The second kappa shape index (κ2) is 5.21. The molecule has 19 heavy (non-hydrogen) atoms. The smallest absolute Gasteiger partial charge is 0.330 e. The maximum absolute atomic E-state index is 13.1. The van der Waals surface area contributed by atoms with Crippen LogP contribution in [0.15, 0.2) is 0 Å². The van der Waals surface area contributed by atoms with Gasteiger partial charge in [0.15, 0.2) is 0 Å². The molecule has 0 aromatic heterocycles. The Balaban J connectivity index is 2.32. The molecule has 8 heteroatoms. The molecule has 1 aliphatic carbocycles. The van der Waals surface area contributed by atoms with Crippen LogP contribution in [0.2, 0.25) is 0 Å². The maximum atomic E-state index is 13.1. The highest BCUT2D eigenvalue weighted by atomic mass is 32.2. The lowest BCUT2D eigenvalue weighted by molar-refractivity contribution is -0.183. The summed E-state index contributed by atoms with van der Waals surface area (Å²) in [5.74, 6) is 0. The van der Waals surface area contributed by atoms with Crippen LogP contribution in [0.4, 0.5) is 13.2 Å². The van der Waals surface area contributed by atoms with Crippen LogP contribution >= 0.6 is 0 Å². The number of sulfonamides is 1. The van der Waals surface area contributed by atoms with Crippen molar-refractivity contribution in [2.24, 2.45) is 5.73 Å². The summed E-state index contributed by atoms with van der Waals surface area (Å²) in [5.41, 5.74) is 5.41. The van der Waals surface area contributed by atoms with Gasteiger partial charge in [-0.1, -0.05) is 0 Å². The second-order valence-corrected chi connectivity index (χ2v) is 7.41. The van der Waals surface area contributed by atoms with Gasteiger partial charge in [0.25, 0.3) is 0 Å². The number of hydrogen-bond acceptors (Lipinski definition) is 3. The van der Waals surface area contributed by atoms with Gasteiger partial charge in [-0.15, -0.1) is 0 Å². The number of nitrogens with two attached hydrogens (primary N) is 1. The predicted molar refractivity (Wildman–Crippen MR) is 64.9 cm³/mol. The molecule has 1 aliphatic heterocycles. The minimum Gasteiger partial charge on any atom is -0.330 e. The van der Waals surface area contributed by atoms with Crippen molar-refractivity contribution >= 4 is 10.0 Å². The third-order valence-electron chi connectivity index (χ3n) is 3.80. The molecule has 0 aromatic rings. The van der Waals surface area contributed by atoms with Crippen LogP contribution in [-0.4, -0.2) is 42.8 Å². The molecule has 0 radical (unpaired) electrons. The average molecular weight is 300 g/mol. The van der Waals surface area contributed by atoms with Gasteiger partial charge >= 0.3 is 6.18 Å². The normalized spacial score (nSPS) is 30.5. The molecule has 1 saturated carbocycles. The first kappa shape index (κ1) is 15.1. The van der Waals surface area contributed by atoms with Crippen LogP contribution in [-0.2, 0) is 10.0 Å². The first-order valence-corrected chi connectivity index (χ1v) is 8.08. The van der Waals surface area contributed by atoms with Crippen molar-refractivity contribution in [1.29, 1.82) is 0 Å². The highest BCUT2D eigenvalue weighted by molar-refractivity contribution is 7.90. The highest BCUT2D eigenvalue weighted by Gasteiger charge is 2.54. The van der Waals surface area contributed by atoms with Crippen LogP contribution in [0, 0.1) is 0 Å². The molecular weight excluding hydrogens is 281 g/mol. The summed E-state index contributed by atoms with van der Waals surface area (Å²) < 4.78 is 64.5. The number of rotatable bonds is 4. The van der Waals surface area contributed by atoms with Crippen molar-refractivity contribution < 1.29 is 21.6 Å². The van der Waals surface area contributed by atoms with Crippen LogP contribution in [0.25, 0.3) is 0 Å². The van der Waals surface area contributed by atoms with Crippen LogP contribution in [0.1, 0.15) is 38.5 Å². The first-order valence-electron chi connectivity index (χ1n) is 6.57. The van der Waals surface area contributed by atoms with E-state index in [0.717, 1.165) is 4.31 Å². The molecule has 0 spiro atoms. The summed E-state index contributed by atoms with van der Waals surface area (Å²) in [6.45, 7) is 0.200. The van der Waals surface area contributed by atoms with Gasteiger partial charge in [-0.2, -0.15) is 17.5 Å². The van der Waals surface area contributed by atoms with E-state index in [0.29, 0.717) is 32.1 Å². The minimum atomic E-state index is -4.50. The highest BCUT2D eigenvalue weighted by Crippen LogP contribution is 2.41. The number of halogens is 3. The lowest BCUT2D eigenvalue weighted by Crippen LogP contribution is -2.57. The largest absolute Gasteiger partial charge is 0.405 e. The predicted octanol–water partition coefficient (Wildman–Crippen LogP) is 1.61. The van der Waals surface area contributed by atoms with Gasteiger partial charge in [0.1, 0.15) is 6.04 Å². The van der Waals surface area contributed by atoms with E-state index in [-0.39, 0.29) is 13.0 Å². The van der Waals surface area contributed by atoms with E-state index in [1.165, 1.54) is 0 Å². The summed E-state index contributed by atoms with van der Waals surface area (Å²) in [4.78, 5) is 0. The Morgan fingerprint density at radius 3 is 2.26 bits per heavy atom. The lowest BCUT2D eigenvalue weighted by Gasteiger charge is -2.41. The van der Waals surface area contributed by atoms with E-state index in [9.17, 15) is 21.6 Å². The van der Waals surface area contributed by atoms with Gasteiger partial charge < -0.3 is 5.73 Å². The molecule has 2 rings (SSSR count). The molecule has 2 atom stereocenters. The van der Waals surface area contributed by atoms with Crippen molar-refractivity contribution in [1.82, 2.24) is 4.31 Å². The fourth-order valence-electron chi connectivity index (χ4n) is 2.75. The molecule has 2 N–H and O–H groups in total. The van der Waals surface area contributed by atoms with Crippen LogP contribution in [0.5, 0.6) is 0 Å². The van der Waals surface area contributed by atoms with Crippen LogP contribution < -0.4 is 5.73 Å². The maximum Gasteiger partial charge on any atom is 0.405 e. The first-order chi connectivity index (χ1) is 8.78. The van der Waals surface area contributed by atoms with Gasteiger partial charge in [0.05, 0.1) is 5.25 Å². The Bertz CT molecular complexity index is 418. The SMILES string of the molecule is NCCC1CCCC(C(F)(F)F)N1S(=O)(=O)C1CC1. The Hall–Kier alpha value is -0.340. The third-order valence-corrected chi connectivity index (χ3v) is 6.25. The summed E-state index contributed by atoms with van der Waals surface area (Å²) in [6.07, 6.45) is -2.55. The lowest BCUT2D eigenvalue weighted by atomic mass is 9.96. The minimum absolute atomic E-state index is 0.142. The van der Waals surface area contributed by atoms with E-state index in [1.807, 2.05) is 0 Å². The van der Waals surface area contributed by atoms with Crippen LogP contribution in [0.3, 0.4) is 0 Å². The van der Waals surface area contributed by atoms with E-state index < -0.39 is 33.5 Å². The molecule has 0 bridgehead atoms. The molecular formula is C11H19F3N2O2S. The Kier molecular flexibility index (Phi) is 4.13. The standard InChI is InChI=1S/C11H19F3N2O2S/c12-11(13,14)10-3-1-2-8(6-7-15)16(10)19(17,18)9-4-5-9/h8-10H,1-7,15H2. The molecule has 2 aliphatic rings. The molecule has 1 heterocycles. The average Bonchev–Trinajstić information content (AvgIpc) is 3.11. The molecule has 1 saturated heterocycles. The quantitative estimate of drug-likeness (QED) is 0.858. The topological polar surface area (TPSA) is 63.4 Å². The number of alkyl halides is 3. The fraction of sp³-hybridized carbons (Fsp3) is 1.00. The van der Waals surface area contributed by atoms with Gasteiger partial charge in [0.2, 0.25) is 10.0 Å². The monoisotopic (exact) mass is 300 g/mol. The van der Waals surface area contributed by atoms with Crippen molar-refractivity contribution in [2.75, 3.05) is 6.54 Å². The fourth-order valence-corrected chi connectivity index (χ4v) is 5.03. The molecule has 2 fully saturated rings. The Morgan fingerprint density at radius 2 is 1.79 bits per heavy atom. The molecule has 112 valence electrons. The van der Waals surface area contributed by atoms with Gasteiger partial charge in [-0.05, 0) is 45.1 Å². The summed E-state index contributed by atoms with van der Waals surface area (Å²) in [7, 11) is -3.83. The van der Waals surface area contributed by atoms with E-state index >= 15 is 0 Å². The molecule has 4 nitrogen and oxygen atoms in total. The second-order valence-electron chi connectivity index (χ2n) is 5.29. The van der Waals surface area contributed by atoms with Gasteiger partial charge in [0, 0.05) is 6.04 Å². The van der Waals surface area contributed by atoms with Crippen molar-refractivity contribution in [3.8, 4) is 0 Å². The number of hydrogen-bond donors (Lipinski definition) is 1. The number of piperidine rings is 1. The zero-order valence-corrected chi connectivity index (χ0v) is 11.4. The van der Waals surface area contributed by atoms with E-state index in [1.54, 1.807) is 0 Å². The molecule has 2 unspecified atom stereocenters. The van der Waals surface area contributed by atoms with Gasteiger partial charge in [-0.3, -0.25) is 0 Å². The summed E-state index contributed by atoms with van der Waals surface area (Å²) in [6, 6.07) is -2.47. The third kappa shape index (κ3) is 3.05. The van der Waals surface area contributed by atoms with Crippen molar-refractivity contribution in [2.45, 2.75) is 62.0 Å². The van der Waals surface area contributed by atoms with Crippen molar-refractivity contribution in [3.63, 3.8) is 0 Å². The van der Waals surface area contributed by atoms with E-state index in [2.05, 4.69) is 0 Å². The molecule has 0 aromatic carbocycles. The van der Waals surface area contributed by atoms with E-state index in [4.69, 9.17) is 5.73 Å².